The number of piperazine rings is 1. The summed E-state index contributed by atoms with van der Waals surface area (Å²) in [5, 5.41) is 17.9. The summed E-state index contributed by atoms with van der Waals surface area (Å²) in [5.41, 5.74) is 3.51. The summed E-state index contributed by atoms with van der Waals surface area (Å²) in [5.74, 6) is 1.15. The number of hydrogen-bond acceptors (Lipinski definition) is 6. The van der Waals surface area contributed by atoms with Gasteiger partial charge in [0.1, 0.15) is 11.8 Å². The number of para-hydroxylation sites is 1. The van der Waals surface area contributed by atoms with Gasteiger partial charge in [-0.2, -0.15) is 5.26 Å². The Morgan fingerprint density at radius 3 is 2.42 bits per heavy atom. The maximum absolute atomic E-state index is 12.5. The number of benzene rings is 2. The molecule has 0 aliphatic carbocycles. The normalized spacial score (nSPS) is 13.5. The Morgan fingerprint density at radius 2 is 1.74 bits per heavy atom. The third-order valence-electron chi connectivity index (χ3n) is 5.31. The van der Waals surface area contributed by atoms with Crippen LogP contribution < -0.4 is 9.64 Å². The lowest BCUT2D eigenvalue weighted by Crippen LogP contribution is -2.50. The van der Waals surface area contributed by atoms with Crippen LogP contribution in [0.3, 0.4) is 0 Å². The smallest absolute Gasteiger partial charge is 0.260 e. The van der Waals surface area contributed by atoms with Gasteiger partial charge in [-0.3, -0.25) is 4.79 Å². The van der Waals surface area contributed by atoms with Gasteiger partial charge in [-0.25, -0.2) is 0 Å². The van der Waals surface area contributed by atoms with E-state index in [1.165, 1.54) is 5.56 Å². The molecule has 0 radical (unpaired) electrons. The second kappa shape index (κ2) is 9.26. The molecule has 1 aliphatic heterocycles. The molecule has 1 aliphatic rings. The predicted octanol–water partition coefficient (Wildman–Crippen LogP) is 3.05. The van der Waals surface area contributed by atoms with Gasteiger partial charge in [0.2, 0.25) is 0 Å². The van der Waals surface area contributed by atoms with Crippen molar-refractivity contribution in [3.63, 3.8) is 0 Å². The summed E-state index contributed by atoms with van der Waals surface area (Å²) in [7, 11) is 0. The number of amides is 1. The molecule has 0 N–H and O–H groups in total. The van der Waals surface area contributed by atoms with E-state index in [2.05, 4.69) is 40.2 Å². The summed E-state index contributed by atoms with van der Waals surface area (Å²) >= 11 is 0. The Bertz CT molecular complexity index is 1080. The van der Waals surface area contributed by atoms with Crippen LogP contribution in [-0.2, 0) is 4.79 Å². The minimum absolute atomic E-state index is 0.0796. The number of hydrogen-bond donors (Lipinski definition) is 0. The van der Waals surface area contributed by atoms with Crippen molar-refractivity contribution in [2.45, 2.75) is 6.92 Å². The Hall–Kier alpha value is -3.92. The highest BCUT2D eigenvalue weighted by molar-refractivity contribution is 5.78. The van der Waals surface area contributed by atoms with Crippen LogP contribution in [0.4, 0.5) is 5.82 Å². The molecule has 0 unspecified atom stereocenters. The quantitative estimate of drug-likeness (QED) is 0.639. The first kappa shape index (κ1) is 20.4. The van der Waals surface area contributed by atoms with Crippen LogP contribution in [0.1, 0.15) is 11.1 Å². The number of carbonyl (C=O) groups is 1. The SMILES string of the molecule is Cc1ccc(-c2ccc(N3CCN(C(=O)COc4ccccc4C#N)CC3)nn2)cc1. The summed E-state index contributed by atoms with van der Waals surface area (Å²) in [4.78, 5) is 16.4. The topological polar surface area (TPSA) is 82.4 Å². The number of anilines is 1. The van der Waals surface area contributed by atoms with E-state index in [4.69, 9.17) is 10.00 Å². The highest BCUT2D eigenvalue weighted by Crippen LogP contribution is 2.20. The molecule has 0 saturated carbocycles. The maximum atomic E-state index is 12.5. The zero-order valence-corrected chi connectivity index (χ0v) is 17.4. The molecule has 0 atom stereocenters. The summed E-state index contributed by atoms with van der Waals surface area (Å²) < 4.78 is 5.57. The molecule has 1 fully saturated rings. The van der Waals surface area contributed by atoms with Gasteiger partial charge >= 0.3 is 0 Å². The standard InChI is InChI=1S/C24H23N5O2/c1-18-6-8-19(9-7-18)21-10-11-23(27-26-21)28-12-14-29(15-13-28)24(30)17-31-22-5-3-2-4-20(22)16-25/h2-11H,12-15,17H2,1H3. The average molecular weight is 413 g/mol. The van der Waals surface area contributed by atoms with Gasteiger partial charge < -0.3 is 14.5 Å². The van der Waals surface area contributed by atoms with E-state index in [0.29, 0.717) is 37.5 Å². The fourth-order valence-corrected chi connectivity index (χ4v) is 3.47. The lowest BCUT2D eigenvalue weighted by atomic mass is 10.1. The highest BCUT2D eigenvalue weighted by atomic mass is 16.5. The largest absolute Gasteiger partial charge is 0.482 e. The zero-order chi connectivity index (χ0) is 21.6. The molecule has 31 heavy (non-hydrogen) atoms. The number of rotatable bonds is 5. The Morgan fingerprint density at radius 1 is 1.00 bits per heavy atom. The van der Waals surface area contributed by atoms with E-state index in [-0.39, 0.29) is 12.5 Å². The molecule has 3 aromatic rings. The van der Waals surface area contributed by atoms with E-state index in [0.717, 1.165) is 17.1 Å². The first-order chi connectivity index (χ1) is 15.1. The average Bonchev–Trinajstić information content (AvgIpc) is 2.83. The molecule has 7 nitrogen and oxygen atoms in total. The minimum Gasteiger partial charge on any atom is -0.482 e. The molecular weight excluding hydrogens is 390 g/mol. The fraction of sp³-hybridized carbons (Fsp3) is 0.250. The van der Waals surface area contributed by atoms with Crippen LogP contribution in [-0.4, -0.2) is 53.8 Å². The molecule has 2 heterocycles. The van der Waals surface area contributed by atoms with Gasteiger partial charge in [-0.05, 0) is 31.2 Å². The van der Waals surface area contributed by atoms with Gasteiger partial charge in [0.25, 0.3) is 5.91 Å². The van der Waals surface area contributed by atoms with E-state index in [1.807, 2.05) is 24.3 Å². The lowest BCUT2D eigenvalue weighted by Gasteiger charge is -2.35. The Balaban J connectivity index is 1.30. The van der Waals surface area contributed by atoms with Gasteiger partial charge in [0.15, 0.2) is 12.4 Å². The molecular formula is C24H23N5O2. The van der Waals surface area contributed by atoms with Crippen molar-refractivity contribution in [2.24, 2.45) is 0 Å². The highest BCUT2D eigenvalue weighted by Gasteiger charge is 2.22. The lowest BCUT2D eigenvalue weighted by molar-refractivity contribution is -0.133. The maximum Gasteiger partial charge on any atom is 0.260 e. The van der Waals surface area contributed by atoms with E-state index >= 15 is 0 Å². The summed E-state index contributed by atoms with van der Waals surface area (Å²) in [6.45, 7) is 4.51. The third kappa shape index (κ3) is 4.81. The Kier molecular flexibility index (Phi) is 6.08. The van der Waals surface area contributed by atoms with Crippen molar-refractivity contribution in [1.29, 1.82) is 5.26 Å². The minimum atomic E-state index is -0.0896. The molecule has 0 bridgehead atoms. The number of aryl methyl sites for hydroxylation is 1. The fourth-order valence-electron chi connectivity index (χ4n) is 3.47. The van der Waals surface area contributed by atoms with E-state index in [1.54, 1.807) is 29.2 Å². The van der Waals surface area contributed by atoms with Gasteiger partial charge in [0.05, 0.1) is 11.3 Å². The van der Waals surface area contributed by atoms with Crippen LogP contribution in [0.5, 0.6) is 5.75 Å². The van der Waals surface area contributed by atoms with Crippen molar-refractivity contribution in [3.05, 3.63) is 71.8 Å². The monoisotopic (exact) mass is 413 g/mol. The molecule has 7 heteroatoms. The molecule has 4 rings (SSSR count). The third-order valence-corrected chi connectivity index (χ3v) is 5.31. The molecule has 2 aromatic carbocycles. The van der Waals surface area contributed by atoms with Gasteiger partial charge in [0, 0.05) is 31.7 Å². The summed E-state index contributed by atoms with van der Waals surface area (Å²) in [6, 6.07) is 21.1. The number of carbonyl (C=O) groups excluding carboxylic acids is 1. The van der Waals surface area contributed by atoms with Crippen molar-refractivity contribution in [1.82, 2.24) is 15.1 Å². The second-order valence-corrected chi connectivity index (χ2v) is 7.41. The van der Waals surface area contributed by atoms with Crippen molar-refractivity contribution < 1.29 is 9.53 Å². The number of aromatic nitrogens is 2. The number of nitrogens with zero attached hydrogens (tertiary/aromatic N) is 5. The molecule has 156 valence electrons. The number of nitriles is 1. The summed E-state index contributed by atoms with van der Waals surface area (Å²) in [6.07, 6.45) is 0. The predicted molar refractivity (Wildman–Crippen MR) is 118 cm³/mol. The zero-order valence-electron chi connectivity index (χ0n) is 17.4. The van der Waals surface area contributed by atoms with Crippen molar-refractivity contribution in [3.8, 4) is 23.1 Å². The van der Waals surface area contributed by atoms with Crippen molar-refractivity contribution >= 4 is 11.7 Å². The van der Waals surface area contributed by atoms with Gasteiger partial charge in [-0.15, -0.1) is 10.2 Å². The molecule has 1 saturated heterocycles. The number of ether oxygens (including phenoxy) is 1. The Labute approximate surface area is 181 Å². The van der Waals surface area contributed by atoms with Crippen molar-refractivity contribution in [2.75, 3.05) is 37.7 Å². The van der Waals surface area contributed by atoms with Gasteiger partial charge in [-0.1, -0.05) is 42.0 Å². The van der Waals surface area contributed by atoms with Crippen LogP contribution >= 0.6 is 0 Å². The molecule has 1 aromatic heterocycles. The first-order valence-corrected chi connectivity index (χ1v) is 10.2. The van der Waals surface area contributed by atoms with Crippen LogP contribution in [0, 0.1) is 18.3 Å². The van der Waals surface area contributed by atoms with E-state index < -0.39 is 0 Å². The van der Waals surface area contributed by atoms with Crippen LogP contribution in [0.2, 0.25) is 0 Å². The van der Waals surface area contributed by atoms with E-state index in [9.17, 15) is 4.79 Å². The molecule has 0 spiro atoms. The van der Waals surface area contributed by atoms with Crippen LogP contribution in [0.15, 0.2) is 60.7 Å². The molecule has 1 amide bonds. The second-order valence-electron chi connectivity index (χ2n) is 7.41. The first-order valence-electron chi connectivity index (χ1n) is 10.2. The van der Waals surface area contributed by atoms with Crippen LogP contribution in [0.25, 0.3) is 11.3 Å².